The molecule has 0 aromatic heterocycles. The fourth-order valence-electron chi connectivity index (χ4n) is 12.1. The highest BCUT2D eigenvalue weighted by atomic mass is 31.2. The summed E-state index contributed by atoms with van der Waals surface area (Å²) in [6, 6.07) is 0. The number of carbonyl (C=O) groups excluding carboxylic acids is 4. The molecule has 2 unspecified atom stereocenters. The number of phosphoric acid groups is 2. The van der Waals surface area contributed by atoms with Crippen LogP contribution in [0.4, 0.5) is 0 Å². The zero-order valence-electron chi connectivity index (χ0n) is 63.2. The van der Waals surface area contributed by atoms with E-state index in [0.717, 1.165) is 109 Å². The normalized spacial score (nSPS) is 13.9. The Hall–Kier alpha value is -1.94. The summed E-state index contributed by atoms with van der Waals surface area (Å²) in [5, 5.41) is 10.6. The first-order valence-electron chi connectivity index (χ1n) is 40.6. The lowest BCUT2D eigenvalue weighted by Gasteiger charge is -2.21. The van der Waals surface area contributed by atoms with Crippen molar-refractivity contribution in [3.8, 4) is 0 Å². The van der Waals surface area contributed by atoms with Crippen molar-refractivity contribution in [1.82, 2.24) is 0 Å². The number of hydrogen-bond donors (Lipinski definition) is 3. The molecule has 3 N–H and O–H groups in total. The van der Waals surface area contributed by atoms with Crippen LogP contribution in [0.2, 0.25) is 0 Å². The predicted molar refractivity (Wildman–Crippen MR) is 395 cm³/mol. The largest absolute Gasteiger partial charge is 0.472 e. The maximum absolute atomic E-state index is 13.1. The summed E-state index contributed by atoms with van der Waals surface area (Å²) in [5.41, 5.74) is 0. The van der Waals surface area contributed by atoms with Gasteiger partial charge in [-0.1, -0.05) is 362 Å². The molecule has 0 aliphatic rings. The minimum Gasteiger partial charge on any atom is -0.462 e. The average molecular weight is 1420 g/mol. The van der Waals surface area contributed by atoms with Crippen LogP contribution < -0.4 is 0 Å². The Morgan fingerprint density at radius 2 is 0.474 bits per heavy atom. The van der Waals surface area contributed by atoms with Crippen molar-refractivity contribution < 1.29 is 80.2 Å². The van der Waals surface area contributed by atoms with Gasteiger partial charge < -0.3 is 33.8 Å². The number of aliphatic hydroxyl groups is 1. The lowest BCUT2D eigenvalue weighted by molar-refractivity contribution is -0.161. The molecule has 0 aliphatic carbocycles. The molecule has 0 bridgehead atoms. The average Bonchev–Trinajstić information content (AvgIpc) is 1.92. The topological polar surface area (TPSA) is 237 Å². The zero-order valence-corrected chi connectivity index (χ0v) is 65.0. The van der Waals surface area contributed by atoms with Crippen LogP contribution in [0, 0.1) is 5.92 Å². The lowest BCUT2D eigenvalue weighted by Crippen LogP contribution is -2.30. The SMILES string of the molecule is CCCCCCCCCCCCCCCCCCCCCCC(=O)O[C@H](COC(=O)CCCCCCCCCCCCCCCCCCCC)COP(=O)(O)OC[C@@H](O)COP(=O)(O)OC[C@@H](COC(=O)CCCCCCCCC)OC(=O)CCCCCCCCCCCC(C)C. The second-order valence-corrected chi connectivity index (χ2v) is 31.5. The monoisotopic (exact) mass is 1420 g/mol. The van der Waals surface area contributed by atoms with Gasteiger partial charge in [0.1, 0.15) is 19.3 Å². The number of aliphatic hydroxyl groups excluding tert-OH is 1. The van der Waals surface area contributed by atoms with Gasteiger partial charge in [0.2, 0.25) is 0 Å². The standard InChI is InChI=1S/C78H152O17P2/c1-6-9-12-15-18-20-22-24-26-28-30-31-33-35-37-39-43-48-53-58-63-77(82)95-74(68-89-76(81)62-57-52-47-42-38-36-34-32-29-27-25-23-21-19-16-13-10-7-2)70-93-97(86,87)91-66-72(79)65-90-96(84,85)92-69-73(67-88-75(80)61-56-51-45-17-14-11-8-3)94-78(83)64-59-54-49-44-40-41-46-50-55-60-71(4)5/h71-74,79H,6-70H2,1-5H3,(H,84,85)(H,86,87)/t72-,73+,74+/m0/s1. The van der Waals surface area contributed by atoms with E-state index in [1.54, 1.807) is 0 Å². The molecule has 0 heterocycles. The number of phosphoric ester groups is 2. The van der Waals surface area contributed by atoms with E-state index in [2.05, 4.69) is 34.6 Å². The third kappa shape index (κ3) is 72.2. The van der Waals surface area contributed by atoms with Crippen molar-refractivity contribution >= 4 is 39.5 Å². The zero-order chi connectivity index (χ0) is 71.2. The van der Waals surface area contributed by atoms with Crippen LogP contribution >= 0.6 is 15.6 Å². The first kappa shape index (κ1) is 95.1. The van der Waals surface area contributed by atoms with Gasteiger partial charge in [-0.2, -0.15) is 0 Å². The Labute approximate surface area is 594 Å². The summed E-state index contributed by atoms with van der Waals surface area (Å²) >= 11 is 0. The second-order valence-electron chi connectivity index (χ2n) is 28.6. The maximum Gasteiger partial charge on any atom is 0.472 e. The Morgan fingerprint density at radius 1 is 0.278 bits per heavy atom. The van der Waals surface area contributed by atoms with Crippen LogP contribution in [-0.2, 0) is 65.4 Å². The Kier molecular flexibility index (Phi) is 69.6. The van der Waals surface area contributed by atoms with Gasteiger partial charge in [-0.05, 0) is 31.6 Å². The molecule has 0 aliphatic heterocycles. The van der Waals surface area contributed by atoms with E-state index in [0.29, 0.717) is 25.7 Å². The van der Waals surface area contributed by atoms with Crippen molar-refractivity contribution in [3.63, 3.8) is 0 Å². The first-order chi connectivity index (χ1) is 47.0. The molecule has 576 valence electrons. The van der Waals surface area contributed by atoms with E-state index >= 15 is 0 Å². The first-order valence-corrected chi connectivity index (χ1v) is 43.6. The Morgan fingerprint density at radius 3 is 0.701 bits per heavy atom. The van der Waals surface area contributed by atoms with E-state index in [1.807, 2.05) is 0 Å². The molecule has 0 radical (unpaired) electrons. The lowest BCUT2D eigenvalue weighted by atomic mass is 10.0. The minimum atomic E-state index is -4.96. The molecule has 17 nitrogen and oxygen atoms in total. The van der Waals surface area contributed by atoms with Crippen LogP contribution in [0.1, 0.15) is 413 Å². The second kappa shape index (κ2) is 71.1. The molecule has 0 fully saturated rings. The fourth-order valence-corrected chi connectivity index (χ4v) is 13.6. The van der Waals surface area contributed by atoms with E-state index in [1.165, 1.54) is 225 Å². The van der Waals surface area contributed by atoms with Gasteiger partial charge in [0.25, 0.3) is 0 Å². The summed E-state index contributed by atoms with van der Waals surface area (Å²) < 4.78 is 68.5. The van der Waals surface area contributed by atoms with Crippen molar-refractivity contribution in [1.29, 1.82) is 0 Å². The molecule has 5 atom stereocenters. The summed E-state index contributed by atoms with van der Waals surface area (Å²) in [6.07, 6.45) is 61.4. The molecule has 0 spiro atoms. The molecule has 97 heavy (non-hydrogen) atoms. The predicted octanol–water partition coefficient (Wildman–Crippen LogP) is 23.3. The molecule has 0 rings (SSSR count). The summed E-state index contributed by atoms with van der Waals surface area (Å²) in [5.74, 6) is -1.38. The van der Waals surface area contributed by atoms with Gasteiger partial charge in [-0.3, -0.25) is 37.3 Å². The smallest absolute Gasteiger partial charge is 0.462 e. The highest BCUT2D eigenvalue weighted by molar-refractivity contribution is 7.47. The van der Waals surface area contributed by atoms with Gasteiger partial charge in [0, 0.05) is 25.7 Å². The molecule has 0 saturated carbocycles. The van der Waals surface area contributed by atoms with Crippen molar-refractivity contribution in [3.05, 3.63) is 0 Å². The van der Waals surface area contributed by atoms with Crippen LogP contribution in [0.15, 0.2) is 0 Å². The fraction of sp³-hybridized carbons (Fsp3) is 0.949. The van der Waals surface area contributed by atoms with Gasteiger partial charge in [-0.15, -0.1) is 0 Å². The number of carbonyl (C=O) groups is 4. The van der Waals surface area contributed by atoms with E-state index in [9.17, 15) is 43.2 Å². The summed E-state index contributed by atoms with van der Waals surface area (Å²) in [7, 11) is -9.91. The van der Waals surface area contributed by atoms with Crippen LogP contribution in [0.25, 0.3) is 0 Å². The number of ether oxygens (including phenoxy) is 4. The summed E-state index contributed by atoms with van der Waals surface area (Å²) in [6.45, 7) is 7.24. The molecule has 0 amide bonds. The number of esters is 4. The van der Waals surface area contributed by atoms with Crippen molar-refractivity contribution in [2.24, 2.45) is 5.92 Å². The van der Waals surface area contributed by atoms with Gasteiger partial charge in [0.15, 0.2) is 12.2 Å². The summed E-state index contributed by atoms with van der Waals surface area (Å²) in [4.78, 5) is 72.7. The third-order valence-electron chi connectivity index (χ3n) is 18.3. The quantitative estimate of drug-likeness (QED) is 0.0222. The van der Waals surface area contributed by atoms with E-state index in [4.69, 9.17) is 37.0 Å². The molecule has 0 saturated heterocycles. The molecule has 0 aromatic rings. The number of hydrogen-bond acceptors (Lipinski definition) is 15. The van der Waals surface area contributed by atoms with E-state index in [-0.39, 0.29) is 25.7 Å². The van der Waals surface area contributed by atoms with Gasteiger partial charge in [0.05, 0.1) is 26.4 Å². The minimum absolute atomic E-state index is 0.105. The van der Waals surface area contributed by atoms with Crippen LogP contribution in [-0.4, -0.2) is 96.7 Å². The Bertz CT molecular complexity index is 1860. The van der Waals surface area contributed by atoms with Crippen LogP contribution in [0.5, 0.6) is 0 Å². The van der Waals surface area contributed by atoms with Crippen molar-refractivity contribution in [2.75, 3.05) is 39.6 Å². The van der Waals surface area contributed by atoms with E-state index < -0.39 is 97.5 Å². The molecule has 0 aromatic carbocycles. The molecule has 19 heteroatoms. The molecular formula is C78H152O17P2. The van der Waals surface area contributed by atoms with Gasteiger partial charge >= 0.3 is 39.5 Å². The maximum atomic E-state index is 13.1. The highest BCUT2D eigenvalue weighted by Gasteiger charge is 2.30. The Balaban J connectivity index is 5.17. The van der Waals surface area contributed by atoms with Crippen LogP contribution in [0.3, 0.4) is 0 Å². The van der Waals surface area contributed by atoms with Gasteiger partial charge in [-0.25, -0.2) is 9.13 Å². The number of unbranched alkanes of at least 4 members (excludes halogenated alkanes) is 50. The number of rotatable bonds is 78. The van der Waals surface area contributed by atoms with Crippen molar-refractivity contribution in [2.45, 2.75) is 432 Å². The molecular weight excluding hydrogens is 1270 g/mol. The highest BCUT2D eigenvalue weighted by Crippen LogP contribution is 2.45. The third-order valence-corrected chi connectivity index (χ3v) is 20.2.